The molecule has 72 valence electrons. The summed E-state index contributed by atoms with van der Waals surface area (Å²) in [7, 11) is 0. The number of Topliss-reactive ketones (excluding diaryl/α,β-unsaturated/α-hetero) is 1. The van der Waals surface area contributed by atoms with Crippen LogP contribution in [0, 0.1) is 0 Å². The van der Waals surface area contributed by atoms with Gasteiger partial charge in [-0.05, 0) is 26.0 Å². The summed E-state index contributed by atoms with van der Waals surface area (Å²) in [5.41, 5.74) is 0.544. The van der Waals surface area contributed by atoms with E-state index in [1.165, 1.54) is 19.1 Å². The minimum absolute atomic E-state index is 0.0237. The van der Waals surface area contributed by atoms with Gasteiger partial charge in [-0.25, -0.2) is 4.39 Å². The van der Waals surface area contributed by atoms with Gasteiger partial charge in [0.15, 0.2) is 5.78 Å². The molecule has 1 nitrogen and oxygen atoms in total. The van der Waals surface area contributed by atoms with Crippen molar-refractivity contribution in [3.8, 4) is 0 Å². The first-order chi connectivity index (χ1) is 6.11. The predicted octanol–water partition coefficient (Wildman–Crippen LogP) is 3.34. The van der Waals surface area contributed by atoms with Gasteiger partial charge in [0.1, 0.15) is 0 Å². The van der Waals surface area contributed by atoms with Crippen LogP contribution in [0.25, 0.3) is 0 Å². The van der Waals surface area contributed by atoms with Crippen molar-refractivity contribution in [2.75, 3.05) is 0 Å². The van der Waals surface area contributed by atoms with Gasteiger partial charge in [-0.3, -0.25) is 4.79 Å². The van der Waals surface area contributed by atoms with E-state index >= 15 is 0 Å². The van der Waals surface area contributed by atoms with Crippen molar-refractivity contribution >= 4 is 5.78 Å². The standard InChI is InChI=1S/C11H15FO/c1-4-6-10(11(13)5-2)8-7-9(3)12/h4,6-8H,5H2,1-3H3/b6-4-,9-7+,10-8+. The summed E-state index contributed by atoms with van der Waals surface area (Å²) >= 11 is 0. The van der Waals surface area contributed by atoms with E-state index in [0.29, 0.717) is 12.0 Å². The summed E-state index contributed by atoms with van der Waals surface area (Å²) in [4.78, 5) is 11.2. The van der Waals surface area contributed by atoms with Crippen LogP contribution in [-0.4, -0.2) is 5.78 Å². The van der Waals surface area contributed by atoms with E-state index in [9.17, 15) is 9.18 Å². The van der Waals surface area contributed by atoms with E-state index in [1.807, 2.05) is 6.92 Å². The molecule has 0 atom stereocenters. The Morgan fingerprint density at radius 3 is 2.38 bits per heavy atom. The summed E-state index contributed by atoms with van der Waals surface area (Å²) in [6.45, 7) is 4.95. The van der Waals surface area contributed by atoms with E-state index in [0.717, 1.165) is 0 Å². The Morgan fingerprint density at radius 2 is 2.00 bits per heavy atom. The smallest absolute Gasteiger partial charge is 0.162 e. The molecule has 0 saturated carbocycles. The molecule has 0 fully saturated rings. The number of carbonyl (C=O) groups is 1. The average molecular weight is 182 g/mol. The van der Waals surface area contributed by atoms with Gasteiger partial charge in [-0.1, -0.05) is 19.1 Å². The van der Waals surface area contributed by atoms with Crippen LogP contribution in [0.3, 0.4) is 0 Å². The van der Waals surface area contributed by atoms with Crippen molar-refractivity contribution in [2.45, 2.75) is 27.2 Å². The van der Waals surface area contributed by atoms with Gasteiger partial charge in [0.25, 0.3) is 0 Å². The van der Waals surface area contributed by atoms with Gasteiger partial charge in [0.2, 0.25) is 0 Å². The lowest BCUT2D eigenvalue weighted by Gasteiger charge is -1.95. The molecule has 2 heteroatoms. The fourth-order valence-electron chi connectivity index (χ4n) is 0.830. The lowest BCUT2D eigenvalue weighted by molar-refractivity contribution is -0.114. The molecule has 0 aliphatic heterocycles. The van der Waals surface area contributed by atoms with Crippen LogP contribution in [0.2, 0.25) is 0 Å². The molecule has 0 rings (SSSR count). The number of allylic oxidation sites excluding steroid dienone is 6. The Morgan fingerprint density at radius 1 is 1.38 bits per heavy atom. The number of halogens is 1. The van der Waals surface area contributed by atoms with Crippen molar-refractivity contribution in [1.82, 2.24) is 0 Å². The molecule has 0 radical (unpaired) electrons. The molecule has 0 aromatic heterocycles. The first-order valence-corrected chi connectivity index (χ1v) is 4.31. The molecular formula is C11H15FO. The normalized spacial score (nSPS) is 13.8. The van der Waals surface area contributed by atoms with Crippen LogP contribution in [-0.2, 0) is 4.79 Å². The molecule has 0 aromatic carbocycles. The summed E-state index contributed by atoms with van der Waals surface area (Å²) in [5, 5.41) is 0. The number of carbonyl (C=O) groups excluding carboxylic acids is 1. The van der Waals surface area contributed by atoms with Crippen LogP contribution in [0.4, 0.5) is 4.39 Å². The Labute approximate surface area is 78.6 Å². The van der Waals surface area contributed by atoms with Crippen molar-refractivity contribution in [1.29, 1.82) is 0 Å². The molecule has 0 aromatic rings. The van der Waals surface area contributed by atoms with E-state index in [4.69, 9.17) is 0 Å². The topological polar surface area (TPSA) is 17.1 Å². The maximum Gasteiger partial charge on any atom is 0.162 e. The highest BCUT2D eigenvalue weighted by Crippen LogP contribution is 2.04. The fraction of sp³-hybridized carbons (Fsp3) is 0.364. The van der Waals surface area contributed by atoms with Crippen molar-refractivity contribution in [2.24, 2.45) is 0 Å². The number of rotatable bonds is 4. The third-order valence-corrected chi connectivity index (χ3v) is 1.48. The maximum absolute atomic E-state index is 12.4. The summed E-state index contributed by atoms with van der Waals surface area (Å²) in [5.74, 6) is -0.276. The largest absolute Gasteiger partial charge is 0.294 e. The Bertz CT molecular complexity index is 255. The maximum atomic E-state index is 12.4. The van der Waals surface area contributed by atoms with Crippen LogP contribution in [0.1, 0.15) is 27.2 Å². The zero-order chi connectivity index (χ0) is 10.3. The number of hydrogen-bond acceptors (Lipinski definition) is 1. The molecule has 0 bridgehead atoms. The second-order valence-corrected chi connectivity index (χ2v) is 2.65. The molecule has 0 N–H and O–H groups in total. The van der Waals surface area contributed by atoms with Crippen LogP contribution in [0.5, 0.6) is 0 Å². The van der Waals surface area contributed by atoms with Gasteiger partial charge in [0, 0.05) is 12.0 Å². The second-order valence-electron chi connectivity index (χ2n) is 2.65. The first kappa shape index (κ1) is 11.8. The van der Waals surface area contributed by atoms with E-state index in [2.05, 4.69) is 0 Å². The number of ketones is 1. The number of hydrogen-bond donors (Lipinski definition) is 0. The van der Waals surface area contributed by atoms with Crippen molar-refractivity contribution in [3.05, 3.63) is 35.7 Å². The van der Waals surface area contributed by atoms with Gasteiger partial charge in [-0.2, -0.15) is 0 Å². The highest BCUT2D eigenvalue weighted by molar-refractivity contribution is 5.97. The van der Waals surface area contributed by atoms with E-state index in [-0.39, 0.29) is 11.6 Å². The zero-order valence-corrected chi connectivity index (χ0v) is 8.30. The lowest BCUT2D eigenvalue weighted by Crippen LogP contribution is -1.97. The first-order valence-electron chi connectivity index (χ1n) is 4.31. The average Bonchev–Trinajstić information content (AvgIpc) is 2.10. The van der Waals surface area contributed by atoms with Gasteiger partial charge >= 0.3 is 0 Å². The third-order valence-electron chi connectivity index (χ3n) is 1.48. The molecule has 0 heterocycles. The molecule has 0 aliphatic rings. The van der Waals surface area contributed by atoms with Crippen molar-refractivity contribution in [3.63, 3.8) is 0 Å². The summed E-state index contributed by atoms with van der Waals surface area (Å²) in [6, 6.07) is 0. The van der Waals surface area contributed by atoms with Gasteiger partial charge in [-0.15, -0.1) is 0 Å². The molecular weight excluding hydrogens is 167 g/mol. The van der Waals surface area contributed by atoms with Crippen LogP contribution >= 0.6 is 0 Å². The monoisotopic (exact) mass is 182 g/mol. The van der Waals surface area contributed by atoms with Crippen LogP contribution in [0.15, 0.2) is 35.7 Å². The van der Waals surface area contributed by atoms with E-state index in [1.54, 1.807) is 19.1 Å². The predicted molar refractivity (Wildman–Crippen MR) is 53.1 cm³/mol. The summed E-state index contributed by atoms with van der Waals surface area (Å²) < 4.78 is 12.4. The summed E-state index contributed by atoms with van der Waals surface area (Å²) in [6.07, 6.45) is 6.69. The fourth-order valence-corrected chi connectivity index (χ4v) is 0.830. The lowest BCUT2D eigenvalue weighted by atomic mass is 10.1. The minimum Gasteiger partial charge on any atom is -0.294 e. The second kappa shape index (κ2) is 6.35. The molecule has 0 spiro atoms. The third kappa shape index (κ3) is 5.12. The highest BCUT2D eigenvalue weighted by atomic mass is 19.1. The molecule has 13 heavy (non-hydrogen) atoms. The SMILES string of the molecule is C\C=C/C(=C\C=C(/C)F)C(=O)CC. The Kier molecular flexibility index (Phi) is 5.77. The molecule has 0 saturated heterocycles. The molecule has 0 aliphatic carbocycles. The molecule has 0 amide bonds. The quantitative estimate of drug-likeness (QED) is 0.481. The highest BCUT2D eigenvalue weighted by Gasteiger charge is 2.01. The Balaban J connectivity index is 4.70. The van der Waals surface area contributed by atoms with Crippen LogP contribution < -0.4 is 0 Å². The van der Waals surface area contributed by atoms with Gasteiger partial charge < -0.3 is 0 Å². The zero-order valence-electron chi connectivity index (χ0n) is 8.30. The van der Waals surface area contributed by atoms with Crippen molar-refractivity contribution < 1.29 is 9.18 Å². The molecule has 0 unspecified atom stereocenters. The van der Waals surface area contributed by atoms with E-state index < -0.39 is 0 Å². The minimum atomic E-state index is -0.300. The Hall–Kier alpha value is -1.18. The van der Waals surface area contributed by atoms with Gasteiger partial charge in [0.05, 0.1) is 5.83 Å².